The number of benzene rings is 2. The van der Waals surface area contributed by atoms with Crippen LogP contribution in [-0.2, 0) is 16.0 Å². The molecule has 1 unspecified atom stereocenters. The summed E-state index contributed by atoms with van der Waals surface area (Å²) in [6.07, 6.45) is 6.43. The quantitative estimate of drug-likeness (QED) is 0.327. The molecule has 0 spiro atoms. The molecule has 0 radical (unpaired) electrons. The number of anilines is 1. The molecule has 1 amide bonds. The summed E-state index contributed by atoms with van der Waals surface area (Å²) in [5.41, 5.74) is 4.07. The molecule has 1 saturated heterocycles. The van der Waals surface area contributed by atoms with Crippen molar-refractivity contribution in [3.63, 3.8) is 0 Å². The third kappa shape index (κ3) is 4.06. The Morgan fingerprint density at radius 3 is 2.38 bits per heavy atom. The van der Waals surface area contributed by atoms with E-state index < -0.39 is 17.7 Å². The van der Waals surface area contributed by atoms with Crippen LogP contribution in [0.15, 0.2) is 78.6 Å². The van der Waals surface area contributed by atoms with E-state index in [-0.39, 0.29) is 11.3 Å². The summed E-state index contributed by atoms with van der Waals surface area (Å²) in [6, 6.07) is 17.8. The molecule has 0 bridgehead atoms. The zero-order valence-corrected chi connectivity index (χ0v) is 18.3. The Morgan fingerprint density at radius 2 is 1.75 bits per heavy atom. The maximum Gasteiger partial charge on any atom is 0.300 e. The lowest BCUT2D eigenvalue weighted by Gasteiger charge is -2.25. The molecule has 4 rings (SSSR count). The summed E-state index contributed by atoms with van der Waals surface area (Å²) < 4.78 is 0. The highest BCUT2D eigenvalue weighted by atomic mass is 16.3. The summed E-state index contributed by atoms with van der Waals surface area (Å²) in [5, 5.41) is 11.1. The Balaban J connectivity index is 1.83. The van der Waals surface area contributed by atoms with Gasteiger partial charge in [0.1, 0.15) is 5.76 Å². The van der Waals surface area contributed by atoms with Gasteiger partial charge >= 0.3 is 0 Å². The van der Waals surface area contributed by atoms with Crippen LogP contribution in [0.4, 0.5) is 5.69 Å². The van der Waals surface area contributed by atoms with Crippen LogP contribution in [0.3, 0.4) is 0 Å². The first-order chi connectivity index (χ1) is 15.5. The number of Topliss-reactive ketones (excluding diaryl/α,β-unsaturated/α-hetero) is 1. The third-order valence-electron chi connectivity index (χ3n) is 5.80. The van der Waals surface area contributed by atoms with E-state index in [0.717, 1.165) is 24.8 Å². The molecule has 0 saturated carbocycles. The van der Waals surface area contributed by atoms with Crippen LogP contribution >= 0.6 is 0 Å². The first-order valence-electron chi connectivity index (χ1n) is 10.9. The predicted octanol–water partition coefficient (Wildman–Crippen LogP) is 5.36. The molecule has 1 fully saturated rings. The molecular weight excluding hydrogens is 400 g/mol. The van der Waals surface area contributed by atoms with Crippen molar-refractivity contribution in [1.82, 2.24) is 4.98 Å². The zero-order chi connectivity index (χ0) is 22.7. The van der Waals surface area contributed by atoms with Crippen LogP contribution in [0, 0.1) is 6.92 Å². The highest BCUT2D eigenvalue weighted by molar-refractivity contribution is 6.51. The minimum Gasteiger partial charge on any atom is -0.507 e. The van der Waals surface area contributed by atoms with Gasteiger partial charge in [-0.1, -0.05) is 61.4 Å². The topological polar surface area (TPSA) is 70.5 Å². The van der Waals surface area contributed by atoms with Crippen LogP contribution in [-0.4, -0.2) is 21.8 Å². The summed E-state index contributed by atoms with van der Waals surface area (Å²) in [6.45, 7) is 4.10. The molecule has 2 aromatic carbocycles. The number of hydrogen-bond donors (Lipinski definition) is 1. The lowest BCUT2D eigenvalue weighted by Crippen LogP contribution is -2.29. The predicted molar refractivity (Wildman–Crippen MR) is 125 cm³/mol. The minimum absolute atomic E-state index is 0.0712. The number of nitrogens with zero attached hydrogens (tertiary/aromatic N) is 2. The van der Waals surface area contributed by atoms with Crippen LogP contribution in [0.1, 0.15) is 48.1 Å². The summed E-state index contributed by atoms with van der Waals surface area (Å²) >= 11 is 0. The Hall–Kier alpha value is -3.73. The number of carbonyl (C=O) groups excluding carboxylic acids is 2. The normalized spacial score (nSPS) is 17.7. The van der Waals surface area contributed by atoms with E-state index >= 15 is 0 Å². The molecule has 1 aliphatic rings. The molecule has 1 atom stereocenters. The van der Waals surface area contributed by atoms with Gasteiger partial charge in [-0.15, -0.1) is 0 Å². The number of carbonyl (C=O) groups is 2. The number of rotatable bonds is 6. The Morgan fingerprint density at radius 1 is 1.03 bits per heavy atom. The molecule has 5 heteroatoms. The monoisotopic (exact) mass is 426 g/mol. The van der Waals surface area contributed by atoms with E-state index in [9.17, 15) is 14.7 Å². The number of amides is 1. The van der Waals surface area contributed by atoms with Gasteiger partial charge in [-0.25, -0.2) is 0 Å². The second kappa shape index (κ2) is 9.18. The van der Waals surface area contributed by atoms with Crippen molar-refractivity contribution >= 4 is 23.1 Å². The van der Waals surface area contributed by atoms with Gasteiger partial charge in [0.15, 0.2) is 0 Å². The molecule has 1 aliphatic heterocycles. The van der Waals surface area contributed by atoms with Gasteiger partial charge in [0, 0.05) is 23.6 Å². The van der Waals surface area contributed by atoms with Crippen molar-refractivity contribution in [2.24, 2.45) is 0 Å². The van der Waals surface area contributed by atoms with Crippen molar-refractivity contribution in [3.05, 3.63) is 101 Å². The fraction of sp³-hybridized carbons (Fsp3) is 0.222. The number of ketones is 1. The Labute approximate surface area is 188 Å². The largest absolute Gasteiger partial charge is 0.507 e. The summed E-state index contributed by atoms with van der Waals surface area (Å²) in [5.74, 6) is -1.54. The van der Waals surface area contributed by atoms with Crippen molar-refractivity contribution in [2.45, 2.75) is 39.2 Å². The SMILES string of the molecule is CCCCc1ccc(N2C(=O)C(=O)C(=C(O)c3ccc(C)cc3)C2c2cccnc2)cc1. The van der Waals surface area contributed by atoms with E-state index in [4.69, 9.17) is 0 Å². The van der Waals surface area contributed by atoms with Gasteiger partial charge in [0.2, 0.25) is 0 Å². The first kappa shape index (κ1) is 21.5. The van der Waals surface area contributed by atoms with E-state index in [2.05, 4.69) is 11.9 Å². The number of hydrogen-bond acceptors (Lipinski definition) is 4. The number of unbranched alkanes of at least 4 members (excludes halogenated alkanes) is 1. The van der Waals surface area contributed by atoms with Crippen molar-refractivity contribution in [2.75, 3.05) is 4.90 Å². The first-order valence-corrected chi connectivity index (χ1v) is 10.9. The molecule has 0 aliphatic carbocycles. The highest BCUT2D eigenvalue weighted by Gasteiger charge is 2.47. The molecular formula is C27H26N2O3. The maximum atomic E-state index is 13.2. The third-order valence-corrected chi connectivity index (χ3v) is 5.80. The molecule has 5 nitrogen and oxygen atoms in total. The molecule has 162 valence electrons. The Bertz CT molecular complexity index is 1150. The van der Waals surface area contributed by atoms with Crippen molar-refractivity contribution in [1.29, 1.82) is 0 Å². The lowest BCUT2D eigenvalue weighted by molar-refractivity contribution is -0.132. The number of aliphatic hydroxyl groups is 1. The van der Waals surface area contributed by atoms with Gasteiger partial charge in [0.05, 0.1) is 11.6 Å². The second-order valence-corrected chi connectivity index (χ2v) is 8.09. The number of aryl methyl sites for hydroxylation is 2. The molecule has 2 heterocycles. The van der Waals surface area contributed by atoms with Crippen LogP contribution in [0.25, 0.3) is 5.76 Å². The smallest absolute Gasteiger partial charge is 0.300 e. The molecule has 1 N–H and O–H groups in total. The second-order valence-electron chi connectivity index (χ2n) is 8.09. The lowest BCUT2D eigenvalue weighted by atomic mass is 9.96. The van der Waals surface area contributed by atoms with Gasteiger partial charge in [-0.05, 0) is 49.1 Å². The van der Waals surface area contributed by atoms with Crippen molar-refractivity contribution < 1.29 is 14.7 Å². The summed E-state index contributed by atoms with van der Waals surface area (Å²) in [4.78, 5) is 31.9. The summed E-state index contributed by atoms with van der Waals surface area (Å²) in [7, 11) is 0. The number of pyridine rings is 1. The molecule has 1 aromatic heterocycles. The number of aliphatic hydroxyl groups excluding tert-OH is 1. The standard InChI is InChI=1S/C27H26N2O3/c1-3-4-6-19-10-14-22(15-11-19)29-24(21-7-5-16-28-17-21)23(26(31)27(29)32)25(30)20-12-8-18(2)9-13-20/h5,7-17,24,30H,3-4,6H2,1-2H3. The van der Waals surface area contributed by atoms with E-state index in [1.165, 1.54) is 10.5 Å². The highest BCUT2D eigenvalue weighted by Crippen LogP contribution is 2.41. The molecule has 3 aromatic rings. The maximum absolute atomic E-state index is 13.2. The van der Waals surface area contributed by atoms with Gasteiger partial charge in [0.25, 0.3) is 11.7 Å². The van der Waals surface area contributed by atoms with Crippen LogP contribution in [0.2, 0.25) is 0 Å². The fourth-order valence-corrected chi connectivity index (χ4v) is 4.02. The Kier molecular flexibility index (Phi) is 6.17. The fourth-order valence-electron chi connectivity index (χ4n) is 4.02. The van der Waals surface area contributed by atoms with Crippen LogP contribution < -0.4 is 4.90 Å². The van der Waals surface area contributed by atoms with E-state index in [1.54, 1.807) is 30.6 Å². The van der Waals surface area contributed by atoms with Crippen LogP contribution in [0.5, 0.6) is 0 Å². The van der Waals surface area contributed by atoms with Gasteiger partial charge in [-0.2, -0.15) is 0 Å². The van der Waals surface area contributed by atoms with Gasteiger partial charge < -0.3 is 5.11 Å². The molecule has 32 heavy (non-hydrogen) atoms. The van der Waals surface area contributed by atoms with E-state index in [0.29, 0.717) is 16.8 Å². The van der Waals surface area contributed by atoms with Crippen molar-refractivity contribution in [3.8, 4) is 0 Å². The average Bonchev–Trinajstić information content (AvgIpc) is 3.09. The number of aromatic nitrogens is 1. The zero-order valence-electron chi connectivity index (χ0n) is 18.3. The minimum atomic E-state index is -0.758. The van der Waals surface area contributed by atoms with Gasteiger partial charge in [-0.3, -0.25) is 19.5 Å². The van der Waals surface area contributed by atoms with E-state index in [1.807, 2.05) is 49.4 Å². The average molecular weight is 427 g/mol.